The van der Waals surface area contributed by atoms with Crippen molar-refractivity contribution in [2.75, 3.05) is 18.6 Å². The maximum absolute atomic E-state index is 11.8. The van der Waals surface area contributed by atoms with Crippen molar-refractivity contribution in [3.8, 4) is 0 Å². The lowest BCUT2D eigenvalue weighted by molar-refractivity contribution is -0.123. The fourth-order valence-corrected chi connectivity index (χ4v) is 3.51. The first-order valence-corrected chi connectivity index (χ1v) is 8.46. The van der Waals surface area contributed by atoms with Crippen LogP contribution < -0.4 is 11.1 Å². The van der Waals surface area contributed by atoms with Crippen LogP contribution in [0.3, 0.4) is 0 Å². The van der Waals surface area contributed by atoms with E-state index in [2.05, 4.69) is 5.32 Å². The van der Waals surface area contributed by atoms with Gasteiger partial charge in [0.05, 0.1) is 11.8 Å². The molecule has 5 nitrogen and oxygen atoms in total. The van der Waals surface area contributed by atoms with Crippen LogP contribution in [0.25, 0.3) is 0 Å². The molecule has 1 saturated carbocycles. The van der Waals surface area contributed by atoms with E-state index in [1.807, 2.05) is 13.8 Å². The average molecular weight is 276 g/mol. The molecule has 6 heteroatoms. The first-order valence-electron chi connectivity index (χ1n) is 6.40. The van der Waals surface area contributed by atoms with Crippen molar-refractivity contribution in [3.63, 3.8) is 0 Å². The molecule has 1 amide bonds. The first kappa shape index (κ1) is 15.4. The molecule has 1 aliphatic rings. The van der Waals surface area contributed by atoms with E-state index in [-0.39, 0.29) is 23.0 Å². The molecule has 0 spiro atoms. The molecule has 2 unspecified atom stereocenters. The van der Waals surface area contributed by atoms with Crippen LogP contribution in [0, 0.1) is 11.3 Å². The third kappa shape index (κ3) is 4.57. The standard InChI is InChI=1S/C12H24N2O3S/c1-4-9(2)10(13)11(15)14-7-12(5-6-12)8-18(3,16)17/h9-10H,4-8,13H2,1-3H3,(H,14,15). The van der Waals surface area contributed by atoms with Gasteiger partial charge in [-0.25, -0.2) is 8.42 Å². The fraction of sp³-hybridized carbons (Fsp3) is 0.917. The molecule has 2 atom stereocenters. The van der Waals surface area contributed by atoms with Gasteiger partial charge in [-0.05, 0) is 18.8 Å². The van der Waals surface area contributed by atoms with Crippen LogP contribution in [0.15, 0.2) is 0 Å². The summed E-state index contributed by atoms with van der Waals surface area (Å²) in [7, 11) is -2.99. The zero-order chi connectivity index (χ0) is 14.0. The maximum atomic E-state index is 11.8. The predicted molar refractivity (Wildman–Crippen MR) is 71.8 cm³/mol. The third-order valence-corrected chi connectivity index (χ3v) is 4.86. The van der Waals surface area contributed by atoms with E-state index in [0.717, 1.165) is 19.3 Å². The topological polar surface area (TPSA) is 89.3 Å². The maximum Gasteiger partial charge on any atom is 0.237 e. The molecule has 1 rings (SSSR count). The zero-order valence-corrected chi connectivity index (χ0v) is 12.2. The van der Waals surface area contributed by atoms with E-state index in [1.165, 1.54) is 6.26 Å². The molecule has 106 valence electrons. The van der Waals surface area contributed by atoms with Gasteiger partial charge in [0.2, 0.25) is 5.91 Å². The number of amides is 1. The first-order chi connectivity index (χ1) is 8.19. The van der Waals surface area contributed by atoms with Crippen molar-refractivity contribution < 1.29 is 13.2 Å². The molecule has 0 heterocycles. The second-order valence-electron chi connectivity index (χ2n) is 5.70. The van der Waals surface area contributed by atoms with Gasteiger partial charge in [0.25, 0.3) is 0 Å². The van der Waals surface area contributed by atoms with Gasteiger partial charge in [0, 0.05) is 18.2 Å². The molecule has 0 aromatic heterocycles. The van der Waals surface area contributed by atoms with Crippen molar-refractivity contribution in [1.29, 1.82) is 0 Å². The van der Waals surface area contributed by atoms with Crippen molar-refractivity contribution in [3.05, 3.63) is 0 Å². The summed E-state index contributed by atoms with van der Waals surface area (Å²) in [6, 6.07) is -0.510. The summed E-state index contributed by atoms with van der Waals surface area (Å²) in [5.74, 6) is 0.109. The summed E-state index contributed by atoms with van der Waals surface area (Å²) in [4.78, 5) is 11.8. The van der Waals surface area contributed by atoms with E-state index < -0.39 is 15.9 Å². The molecule has 0 aromatic carbocycles. The molecule has 3 N–H and O–H groups in total. The van der Waals surface area contributed by atoms with Gasteiger partial charge in [-0.2, -0.15) is 0 Å². The summed E-state index contributed by atoms with van der Waals surface area (Å²) in [6.07, 6.45) is 3.81. The van der Waals surface area contributed by atoms with E-state index >= 15 is 0 Å². The summed E-state index contributed by atoms with van der Waals surface area (Å²) in [5, 5.41) is 2.79. The van der Waals surface area contributed by atoms with E-state index in [4.69, 9.17) is 5.73 Å². The summed E-state index contributed by atoms with van der Waals surface area (Å²) in [6.45, 7) is 4.35. The highest BCUT2D eigenvalue weighted by Crippen LogP contribution is 2.46. The number of carbonyl (C=O) groups excluding carboxylic acids is 1. The van der Waals surface area contributed by atoms with E-state index in [1.54, 1.807) is 0 Å². The number of hydrogen-bond acceptors (Lipinski definition) is 4. The van der Waals surface area contributed by atoms with Gasteiger partial charge in [-0.3, -0.25) is 4.79 Å². The number of nitrogens with two attached hydrogens (primary N) is 1. The number of rotatable bonds is 7. The van der Waals surface area contributed by atoms with Gasteiger partial charge in [0.15, 0.2) is 0 Å². The fourth-order valence-electron chi connectivity index (χ4n) is 2.01. The minimum Gasteiger partial charge on any atom is -0.354 e. The minimum atomic E-state index is -2.99. The Morgan fingerprint density at radius 3 is 2.39 bits per heavy atom. The lowest BCUT2D eigenvalue weighted by Crippen LogP contribution is -2.46. The summed E-state index contributed by atoms with van der Waals surface area (Å²) in [5.41, 5.74) is 5.58. The van der Waals surface area contributed by atoms with Gasteiger partial charge < -0.3 is 11.1 Å². The summed E-state index contributed by atoms with van der Waals surface area (Å²) >= 11 is 0. The molecular weight excluding hydrogens is 252 g/mol. The predicted octanol–water partition coefficient (Wildman–Crippen LogP) is 0.301. The monoisotopic (exact) mass is 276 g/mol. The highest BCUT2D eigenvalue weighted by molar-refractivity contribution is 7.90. The number of hydrogen-bond donors (Lipinski definition) is 2. The van der Waals surface area contributed by atoms with Crippen LogP contribution in [0.4, 0.5) is 0 Å². The highest BCUT2D eigenvalue weighted by atomic mass is 32.2. The lowest BCUT2D eigenvalue weighted by atomic mass is 9.99. The molecular formula is C12H24N2O3S. The van der Waals surface area contributed by atoms with Crippen molar-refractivity contribution >= 4 is 15.7 Å². The van der Waals surface area contributed by atoms with E-state index in [9.17, 15) is 13.2 Å². The van der Waals surface area contributed by atoms with Crippen LogP contribution in [0.1, 0.15) is 33.1 Å². The molecule has 1 fully saturated rings. The second kappa shape index (κ2) is 5.57. The smallest absolute Gasteiger partial charge is 0.237 e. The molecule has 0 saturated heterocycles. The van der Waals surface area contributed by atoms with Crippen LogP contribution >= 0.6 is 0 Å². The Bertz CT molecular complexity index is 402. The van der Waals surface area contributed by atoms with Gasteiger partial charge in [0.1, 0.15) is 9.84 Å². The van der Waals surface area contributed by atoms with Crippen LogP contribution in [0.5, 0.6) is 0 Å². The van der Waals surface area contributed by atoms with Gasteiger partial charge in [-0.15, -0.1) is 0 Å². The Balaban J connectivity index is 2.44. The van der Waals surface area contributed by atoms with Crippen molar-refractivity contribution in [2.24, 2.45) is 17.1 Å². The molecule has 18 heavy (non-hydrogen) atoms. The van der Waals surface area contributed by atoms with Crippen LogP contribution in [0.2, 0.25) is 0 Å². The van der Waals surface area contributed by atoms with Gasteiger partial charge in [-0.1, -0.05) is 20.3 Å². The highest BCUT2D eigenvalue weighted by Gasteiger charge is 2.45. The Labute approximate surface area is 109 Å². The quantitative estimate of drug-likeness (QED) is 0.700. The number of carbonyl (C=O) groups is 1. The third-order valence-electron chi connectivity index (χ3n) is 3.72. The van der Waals surface area contributed by atoms with Crippen molar-refractivity contribution in [2.45, 2.75) is 39.2 Å². The Kier molecular flexibility index (Phi) is 4.78. The van der Waals surface area contributed by atoms with Crippen LogP contribution in [-0.2, 0) is 14.6 Å². The minimum absolute atomic E-state index is 0.134. The lowest BCUT2D eigenvalue weighted by Gasteiger charge is -2.20. The molecule has 0 aromatic rings. The molecule has 0 aliphatic heterocycles. The summed E-state index contributed by atoms with van der Waals surface area (Å²) < 4.78 is 22.6. The zero-order valence-electron chi connectivity index (χ0n) is 11.4. The normalized spacial score (nSPS) is 21.1. The second-order valence-corrected chi connectivity index (χ2v) is 7.84. The average Bonchev–Trinajstić information content (AvgIpc) is 3.01. The van der Waals surface area contributed by atoms with Gasteiger partial charge >= 0.3 is 0 Å². The number of sulfone groups is 1. The Hall–Kier alpha value is -0.620. The molecule has 0 radical (unpaired) electrons. The largest absolute Gasteiger partial charge is 0.354 e. The Morgan fingerprint density at radius 1 is 1.44 bits per heavy atom. The Morgan fingerprint density at radius 2 is 2.00 bits per heavy atom. The van der Waals surface area contributed by atoms with E-state index in [0.29, 0.717) is 6.54 Å². The molecule has 0 bridgehead atoms. The molecule has 1 aliphatic carbocycles. The number of nitrogens with one attached hydrogen (secondary N) is 1. The van der Waals surface area contributed by atoms with Crippen molar-refractivity contribution in [1.82, 2.24) is 5.32 Å². The SMILES string of the molecule is CCC(C)C(N)C(=O)NCC1(CS(C)(=O)=O)CC1. The van der Waals surface area contributed by atoms with Crippen LogP contribution in [-0.4, -0.2) is 38.9 Å².